The fourth-order valence-electron chi connectivity index (χ4n) is 2.45. The Hall–Kier alpha value is -2.05. The van der Waals surface area contributed by atoms with Crippen molar-refractivity contribution in [1.82, 2.24) is 9.55 Å². The lowest BCUT2D eigenvalue weighted by Gasteiger charge is -2.18. The molecule has 0 amide bonds. The minimum absolute atomic E-state index is 0.116. The molecule has 0 aliphatic rings. The van der Waals surface area contributed by atoms with Crippen molar-refractivity contribution in [3.63, 3.8) is 0 Å². The summed E-state index contributed by atoms with van der Waals surface area (Å²) >= 11 is 11.8. The van der Waals surface area contributed by atoms with E-state index < -0.39 is 17.3 Å². The van der Waals surface area contributed by atoms with Gasteiger partial charge in [-0.05, 0) is 23.8 Å². The van der Waals surface area contributed by atoms with Gasteiger partial charge in [0, 0.05) is 25.0 Å². The van der Waals surface area contributed by atoms with E-state index in [1.54, 1.807) is 6.07 Å². The maximum Gasteiger partial charge on any atom is 0.431 e. The van der Waals surface area contributed by atoms with E-state index in [4.69, 9.17) is 23.2 Å². The monoisotopic (exact) mass is 372 g/mol. The Labute approximate surface area is 144 Å². The first-order valence-electron chi connectivity index (χ1n) is 6.76. The van der Waals surface area contributed by atoms with E-state index >= 15 is 0 Å². The summed E-state index contributed by atoms with van der Waals surface area (Å²) in [6.07, 6.45) is -2.08. The maximum absolute atomic E-state index is 13.4. The third kappa shape index (κ3) is 3.12. The van der Waals surface area contributed by atoms with Crippen molar-refractivity contribution < 1.29 is 13.2 Å². The molecule has 2 aromatic heterocycles. The number of aromatic nitrogens is 2. The summed E-state index contributed by atoms with van der Waals surface area (Å²) in [5.74, 6) is 0. The molecule has 2 heterocycles. The number of halogens is 5. The van der Waals surface area contributed by atoms with E-state index in [-0.39, 0.29) is 22.5 Å². The molecular formula is C16H9Cl2F3N2O. The van der Waals surface area contributed by atoms with E-state index in [0.29, 0.717) is 16.7 Å². The highest BCUT2D eigenvalue weighted by atomic mass is 35.5. The summed E-state index contributed by atoms with van der Waals surface area (Å²) in [4.78, 5) is 15.8. The van der Waals surface area contributed by atoms with Crippen LogP contribution in [0.5, 0.6) is 0 Å². The first kappa shape index (κ1) is 16.8. The highest BCUT2D eigenvalue weighted by Gasteiger charge is 2.35. The molecule has 0 N–H and O–H groups in total. The third-order valence-corrected chi connectivity index (χ3v) is 4.27. The van der Waals surface area contributed by atoms with Crippen LogP contribution in [0.3, 0.4) is 0 Å². The molecule has 0 bridgehead atoms. The van der Waals surface area contributed by atoms with Gasteiger partial charge < -0.3 is 4.57 Å². The van der Waals surface area contributed by atoms with Gasteiger partial charge in [-0.25, -0.2) is 0 Å². The summed E-state index contributed by atoms with van der Waals surface area (Å²) in [5.41, 5.74) is -1.08. The van der Waals surface area contributed by atoms with Crippen molar-refractivity contribution in [2.24, 2.45) is 0 Å². The Morgan fingerprint density at radius 3 is 2.50 bits per heavy atom. The van der Waals surface area contributed by atoms with Crippen molar-refractivity contribution in [2.75, 3.05) is 0 Å². The van der Waals surface area contributed by atoms with E-state index in [1.807, 2.05) is 0 Å². The molecule has 0 saturated heterocycles. The molecule has 0 unspecified atom stereocenters. The summed E-state index contributed by atoms with van der Waals surface area (Å²) in [5, 5.41) is 0.672. The Balaban J connectivity index is 2.26. The molecule has 124 valence electrons. The lowest BCUT2D eigenvalue weighted by atomic mass is 10.1. The zero-order valence-corrected chi connectivity index (χ0v) is 13.5. The van der Waals surface area contributed by atoms with Gasteiger partial charge in [0.2, 0.25) is 0 Å². The number of nitrogens with zero attached hydrogens (tertiary/aromatic N) is 2. The minimum Gasteiger partial charge on any atom is -0.332 e. The maximum atomic E-state index is 13.4. The molecule has 24 heavy (non-hydrogen) atoms. The number of pyridine rings is 2. The van der Waals surface area contributed by atoms with Crippen molar-refractivity contribution in [3.05, 3.63) is 74.3 Å². The van der Waals surface area contributed by atoms with Crippen LogP contribution in [0.15, 0.2) is 47.5 Å². The predicted octanol–water partition coefficient (Wildman–Crippen LogP) is 4.77. The summed E-state index contributed by atoms with van der Waals surface area (Å²) in [6.45, 7) is -0.119. The summed E-state index contributed by atoms with van der Waals surface area (Å²) in [6, 6.07) is 6.55. The second kappa shape index (κ2) is 6.11. The number of hydrogen-bond acceptors (Lipinski definition) is 2. The van der Waals surface area contributed by atoms with Crippen LogP contribution in [-0.4, -0.2) is 9.55 Å². The molecule has 0 spiro atoms. The predicted molar refractivity (Wildman–Crippen MR) is 86.6 cm³/mol. The molecule has 0 saturated carbocycles. The molecule has 0 aliphatic carbocycles. The Kier molecular flexibility index (Phi) is 4.27. The molecule has 8 heteroatoms. The molecule has 3 aromatic rings. The third-order valence-electron chi connectivity index (χ3n) is 3.53. The Morgan fingerprint density at radius 1 is 1.08 bits per heavy atom. The van der Waals surface area contributed by atoms with Crippen LogP contribution < -0.4 is 5.43 Å². The van der Waals surface area contributed by atoms with Gasteiger partial charge in [-0.1, -0.05) is 29.3 Å². The van der Waals surface area contributed by atoms with Crippen LogP contribution in [0, 0.1) is 0 Å². The van der Waals surface area contributed by atoms with E-state index in [0.717, 1.165) is 4.57 Å². The average molecular weight is 373 g/mol. The van der Waals surface area contributed by atoms with Gasteiger partial charge in [-0.15, -0.1) is 0 Å². The van der Waals surface area contributed by atoms with Crippen LogP contribution in [0.1, 0.15) is 11.3 Å². The van der Waals surface area contributed by atoms with Gasteiger partial charge in [-0.3, -0.25) is 9.78 Å². The van der Waals surface area contributed by atoms with Crippen molar-refractivity contribution >= 4 is 34.1 Å². The number of fused-ring (bicyclic) bond motifs is 1. The van der Waals surface area contributed by atoms with Crippen LogP contribution in [-0.2, 0) is 12.7 Å². The molecule has 3 nitrogen and oxygen atoms in total. The number of alkyl halides is 3. The molecule has 0 radical (unpaired) electrons. The van der Waals surface area contributed by atoms with Crippen molar-refractivity contribution in [2.45, 2.75) is 12.7 Å². The lowest BCUT2D eigenvalue weighted by molar-refractivity contribution is -0.143. The topological polar surface area (TPSA) is 34.9 Å². The van der Waals surface area contributed by atoms with Gasteiger partial charge in [0.25, 0.3) is 0 Å². The first-order valence-corrected chi connectivity index (χ1v) is 7.51. The van der Waals surface area contributed by atoms with E-state index in [1.165, 1.54) is 30.6 Å². The van der Waals surface area contributed by atoms with Crippen molar-refractivity contribution in [1.29, 1.82) is 0 Å². The zero-order chi connectivity index (χ0) is 17.5. The van der Waals surface area contributed by atoms with Gasteiger partial charge in [0.1, 0.15) is 5.69 Å². The van der Waals surface area contributed by atoms with Gasteiger partial charge in [0.05, 0.1) is 20.9 Å². The summed E-state index contributed by atoms with van der Waals surface area (Å²) < 4.78 is 41.2. The normalized spacial score (nSPS) is 11.9. The fourth-order valence-corrected chi connectivity index (χ4v) is 2.77. The second-order valence-corrected chi connectivity index (χ2v) is 5.93. The van der Waals surface area contributed by atoms with E-state index in [2.05, 4.69) is 4.98 Å². The highest BCUT2D eigenvalue weighted by molar-refractivity contribution is 6.42. The van der Waals surface area contributed by atoms with Crippen molar-refractivity contribution in [3.8, 4) is 0 Å². The van der Waals surface area contributed by atoms with Gasteiger partial charge >= 0.3 is 6.18 Å². The van der Waals surface area contributed by atoms with Crippen LogP contribution in [0.2, 0.25) is 10.0 Å². The second-order valence-electron chi connectivity index (χ2n) is 5.12. The van der Waals surface area contributed by atoms with Gasteiger partial charge in [-0.2, -0.15) is 13.2 Å². The number of hydrogen-bond donors (Lipinski definition) is 0. The lowest BCUT2D eigenvalue weighted by Crippen LogP contribution is -2.22. The summed E-state index contributed by atoms with van der Waals surface area (Å²) in [7, 11) is 0. The quantitative estimate of drug-likeness (QED) is 0.649. The fraction of sp³-hybridized carbons (Fsp3) is 0.125. The van der Waals surface area contributed by atoms with E-state index in [9.17, 15) is 18.0 Å². The van der Waals surface area contributed by atoms with Crippen LogP contribution in [0.25, 0.3) is 10.9 Å². The molecular weight excluding hydrogens is 364 g/mol. The molecule has 0 fully saturated rings. The van der Waals surface area contributed by atoms with Gasteiger partial charge in [0.15, 0.2) is 5.43 Å². The average Bonchev–Trinajstić information content (AvgIpc) is 2.52. The van der Waals surface area contributed by atoms with Crippen LogP contribution >= 0.6 is 23.2 Å². The smallest absolute Gasteiger partial charge is 0.332 e. The highest BCUT2D eigenvalue weighted by Crippen LogP contribution is 2.31. The first-order chi connectivity index (χ1) is 11.3. The molecule has 0 atom stereocenters. The molecule has 3 rings (SSSR count). The number of rotatable bonds is 2. The Bertz CT molecular complexity index is 983. The Morgan fingerprint density at radius 2 is 1.83 bits per heavy atom. The zero-order valence-electron chi connectivity index (χ0n) is 11.9. The standard InChI is InChI=1S/C16H9Cl2F3N2O/c17-11-2-1-9(5-12(11)18)8-23-13-3-4-22-7-10(13)14(24)6-15(23)16(19,20)21/h1-7H,8H2. The van der Waals surface area contributed by atoms with Crippen LogP contribution in [0.4, 0.5) is 13.2 Å². The SMILES string of the molecule is O=c1cc(C(F)(F)F)n(Cc2ccc(Cl)c(Cl)c2)c2ccncc12. The molecule has 1 aromatic carbocycles. The molecule has 0 aliphatic heterocycles. The number of benzene rings is 1. The largest absolute Gasteiger partial charge is 0.431 e. The minimum atomic E-state index is -4.67.